The molecular formula is C25H24N2O2. The molecule has 1 saturated heterocycles. The predicted molar refractivity (Wildman–Crippen MR) is 116 cm³/mol. The maximum Gasteiger partial charge on any atom is 0.287 e. The normalized spacial score (nSPS) is 14.6. The number of furan rings is 1. The molecule has 1 N–H and O–H groups in total. The maximum atomic E-state index is 12.8. The van der Waals surface area contributed by atoms with Crippen molar-refractivity contribution in [2.75, 3.05) is 13.1 Å². The summed E-state index contributed by atoms with van der Waals surface area (Å²) >= 11 is 0. The van der Waals surface area contributed by atoms with Gasteiger partial charge in [-0.1, -0.05) is 54.6 Å². The molecule has 0 unspecified atom stereocenters. The van der Waals surface area contributed by atoms with Crippen LogP contribution < -0.4 is 5.32 Å². The number of carbonyl (C=O) groups is 1. The fourth-order valence-corrected chi connectivity index (χ4v) is 4.23. The molecule has 0 bridgehead atoms. The maximum absolute atomic E-state index is 12.8. The van der Waals surface area contributed by atoms with Gasteiger partial charge in [-0.25, -0.2) is 0 Å². The Labute approximate surface area is 170 Å². The van der Waals surface area contributed by atoms with Crippen molar-refractivity contribution in [2.24, 2.45) is 0 Å². The zero-order chi connectivity index (χ0) is 19.6. The first-order valence-electron chi connectivity index (χ1n) is 10.3. The summed E-state index contributed by atoms with van der Waals surface area (Å²) in [6.07, 6.45) is 2.55. The molecule has 0 spiro atoms. The van der Waals surface area contributed by atoms with Crippen molar-refractivity contribution >= 4 is 27.6 Å². The number of nitrogens with one attached hydrogen (secondary N) is 1. The highest BCUT2D eigenvalue weighted by Crippen LogP contribution is 2.28. The molecule has 4 aromatic rings. The first kappa shape index (κ1) is 18.0. The number of fused-ring (bicyclic) bond motifs is 3. The second-order valence-corrected chi connectivity index (χ2v) is 7.74. The number of rotatable bonds is 5. The highest BCUT2D eigenvalue weighted by Gasteiger charge is 2.16. The minimum Gasteiger partial charge on any atom is -0.451 e. The fraction of sp³-hybridized carbons (Fsp3) is 0.240. The molecular weight excluding hydrogens is 360 g/mol. The topological polar surface area (TPSA) is 45.5 Å². The Morgan fingerprint density at radius 2 is 1.66 bits per heavy atom. The third kappa shape index (κ3) is 3.64. The molecule has 1 aliphatic heterocycles. The van der Waals surface area contributed by atoms with Crippen molar-refractivity contribution in [3.05, 3.63) is 83.6 Å². The largest absolute Gasteiger partial charge is 0.451 e. The summed E-state index contributed by atoms with van der Waals surface area (Å²) < 4.78 is 5.84. The van der Waals surface area contributed by atoms with Crippen LogP contribution in [0.2, 0.25) is 0 Å². The molecule has 4 heteroatoms. The zero-order valence-corrected chi connectivity index (χ0v) is 16.4. The van der Waals surface area contributed by atoms with Crippen LogP contribution >= 0.6 is 0 Å². The van der Waals surface area contributed by atoms with E-state index in [-0.39, 0.29) is 5.91 Å². The Bertz CT molecular complexity index is 1170. The number of hydrogen-bond acceptors (Lipinski definition) is 3. The molecule has 146 valence electrons. The molecule has 2 heterocycles. The Hall–Kier alpha value is -3.11. The molecule has 29 heavy (non-hydrogen) atoms. The van der Waals surface area contributed by atoms with E-state index in [1.807, 2.05) is 36.4 Å². The van der Waals surface area contributed by atoms with E-state index in [4.69, 9.17) is 4.42 Å². The molecule has 5 rings (SSSR count). The molecule has 0 radical (unpaired) electrons. The van der Waals surface area contributed by atoms with E-state index in [0.29, 0.717) is 12.3 Å². The fourth-order valence-electron chi connectivity index (χ4n) is 4.23. The third-order valence-electron chi connectivity index (χ3n) is 5.80. The first-order valence-corrected chi connectivity index (χ1v) is 10.3. The van der Waals surface area contributed by atoms with Crippen LogP contribution in [0.1, 0.15) is 34.5 Å². The van der Waals surface area contributed by atoms with E-state index in [9.17, 15) is 4.79 Å². The summed E-state index contributed by atoms with van der Waals surface area (Å²) in [6, 6.07) is 22.3. The second-order valence-electron chi connectivity index (χ2n) is 7.74. The van der Waals surface area contributed by atoms with E-state index < -0.39 is 0 Å². The lowest BCUT2D eigenvalue weighted by Gasteiger charge is -2.17. The Balaban J connectivity index is 1.34. The standard InChI is InChI=1S/C25H24N2O2/c28-25(24-15-22-21-10-4-3-7-18(21)11-12-23(22)29-24)26-16-19-8-1-2-9-20(19)17-27-13-5-6-14-27/h1-4,7-12,15H,5-6,13-14,16-17H2,(H,26,28). The van der Waals surface area contributed by atoms with Crippen molar-refractivity contribution < 1.29 is 9.21 Å². The van der Waals surface area contributed by atoms with E-state index >= 15 is 0 Å². The van der Waals surface area contributed by atoms with Gasteiger partial charge >= 0.3 is 0 Å². The van der Waals surface area contributed by atoms with Crippen LogP contribution in [0, 0.1) is 0 Å². The van der Waals surface area contributed by atoms with Crippen LogP contribution in [0.15, 0.2) is 71.1 Å². The quantitative estimate of drug-likeness (QED) is 0.520. The average molecular weight is 384 g/mol. The van der Waals surface area contributed by atoms with Gasteiger partial charge in [-0.2, -0.15) is 0 Å². The number of hydrogen-bond donors (Lipinski definition) is 1. The van der Waals surface area contributed by atoms with E-state index in [1.54, 1.807) is 0 Å². The van der Waals surface area contributed by atoms with Gasteiger partial charge in [0, 0.05) is 18.5 Å². The highest BCUT2D eigenvalue weighted by molar-refractivity contribution is 6.08. The summed E-state index contributed by atoms with van der Waals surface area (Å²) in [7, 11) is 0. The lowest BCUT2D eigenvalue weighted by molar-refractivity contribution is 0.0925. The molecule has 0 saturated carbocycles. The smallest absolute Gasteiger partial charge is 0.287 e. The lowest BCUT2D eigenvalue weighted by Crippen LogP contribution is -2.24. The second kappa shape index (κ2) is 7.72. The Kier molecular flexibility index (Phi) is 4.78. The summed E-state index contributed by atoms with van der Waals surface area (Å²) in [5.74, 6) is 0.176. The molecule has 3 aromatic carbocycles. The summed E-state index contributed by atoms with van der Waals surface area (Å²) in [5, 5.41) is 6.26. The predicted octanol–water partition coefficient (Wildman–Crippen LogP) is 5.11. The van der Waals surface area contributed by atoms with Crippen LogP contribution in [0.25, 0.3) is 21.7 Å². The van der Waals surface area contributed by atoms with Gasteiger partial charge < -0.3 is 9.73 Å². The summed E-state index contributed by atoms with van der Waals surface area (Å²) in [6.45, 7) is 3.77. The number of likely N-dealkylation sites (tertiary alicyclic amines) is 1. The molecule has 0 atom stereocenters. The summed E-state index contributed by atoms with van der Waals surface area (Å²) in [4.78, 5) is 15.2. The average Bonchev–Trinajstić information content (AvgIpc) is 3.43. The molecule has 4 nitrogen and oxygen atoms in total. The van der Waals surface area contributed by atoms with Gasteiger partial charge in [-0.15, -0.1) is 0 Å². The number of nitrogens with zero attached hydrogens (tertiary/aromatic N) is 1. The third-order valence-corrected chi connectivity index (χ3v) is 5.80. The van der Waals surface area contributed by atoms with Gasteiger partial charge in [0.25, 0.3) is 5.91 Å². The van der Waals surface area contributed by atoms with Gasteiger partial charge in [-0.3, -0.25) is 9.69 Å². The van der Waals surface area contributed by atoms with Gasteiger partial charge in [0.2, 0.25) is 0 Å². The van der Waals surface area contributed by atoms with Gasteiger partial charge in [0.1, 0.15) is 5.58 Å². The Morgan fingerprint density at radius 1 is 0.897 bits per heavy atom. The van der Waals surface area contributed by atoms with Gasteiger partial charge in [-0.05, 0) is 60.0 Å². The zero-order valence-electron chi connectivity index (χ0n) is 16.4. The van der Waals surface area contributed by atoms with Crippen molar-refractivity contribution in [1.82, 2.24) is 10.2 Å². The molecule has 1 fully saturated rings. The molecule has 1 aliphatic rings. The lowest BCUT2D eigenvalue weighted by atomic mass is 10.1. The van der Waals surface area contributed by atoms with E-state index in [2.05, 4.69) is 40.5 Å². The van der Waals surface area contributed by atoms with Crippen LogP contribution in [-0.4, -0.2) is 23.9 Å². The van der Waals surface area contributed by atoms with Crippen LogP contribution in [-0.2, 0) is 13.1 Å². The van der Waals surface area contributed by atoms with Crippen LogP contribution in [0.5, 0.6) is 0 Å². The molecule has 1 aromatic heterocycles. The van der Waals surface area contributed by atoms with Crippen molar-refractivity contribution in [1.29, 1.82) is 0 Å². The summed E-state index contributed by atoms with van der Waals surface area (Å²) in [5.41, 5.74) is 3.18. The minimum absolute atomic E-state index is 0.179. The van der Waals surface area contributed by atoms with Crippen LogP contribution in [0.3, 0.4) is 0 Å². The van der Waals surface area contributed by atoms with E-state index in [0.717, 1.165) is 46.9 Å². The highest BCUT2D eigenvalue weighted by atomic mass is 16.3. The van der Waals surface area contributed by atoms with Gasteiger partial charge in [0.15, 0.2) is 5.76 Å². The van der Waals surface area contributed by atoms with Crippen molar-refractivity contribution in [3.63, 3.8) is 0 Å². The number of amides is 1. The number of carbonyl (C=O) groups excluding carboxylic acids is 1. The van der Waals surface area contributed by atoms with Crippen LogP contribution in [0.4, 0.5) is 0 Å². The monoisotopic (exact) mass is 384 g/mol. The van der Waals surface area contributed by atoms with Crippen molar-refractivity contribution in [3.8, 4) is 0 Å². The van der Waals surface area contributed by atoms with Gasteiger partial charge in [0.05, 0.1) is 0 Å². The van der Waals surface area contributed by atoms with Crippen molar-refractivity contribution in [2.45, 2.75) is 25.9 Å². The Morgan fingerprint density at radius 3 is 2.52 bits per heavy atom. The number of benzene rings is 3. The first-order chi connectivity index (χ1) is 14.3. The molecule has 1 amide bonds. The molecule has 0 aliphatic carbocycles. The van der Waals surface area contributed by atoms with E-state index in [1.165, 1.54) is 18.4 Å². The minimum atomic E-state index is -0.179. The SMILES string of the molecule is O=C(NCc1ccccc1CN1CCCC1)c1cc2c(ccc3ccccc32)o1.